The van der Waals surface area contributed by atoms with Crippen molar-refractivity contribution in [2.45, 2.75) is 13.8 Å². The van der Waals surface area contributed by atoms with E-state index < -0.39 is 0 Å². The number of fused-ring (bicyclic) bond motifs is 1. The molecule has 0 bridgehead atoms. The van der Waals surface area contributed by atoms with E-state index in [2.05, 4.69) is 9.97 Å². The lowest BCUT2D eigenvalue weighted by Crippen LogP contribution is -2.00. The second-order valence-corrected chi connectivity index (χ2v) is 3.92. The Kier molecular flexibility index (Phi) is 3.33. The van der Waals surface area contributed by atoms with E-state index in [0.29, 0.717) is 23.0 Å². The molecule has 0 atom stereocenters. The van der Waals surface area contributed by atoms with E-state index in [9.17, 15) is 0 Å². The quantitative estimate of drug-likeness (QED) is 0.842. The number of ether oxygens (including phenoxy) is 2. The van der Waals surface area contributed by atoms with E-state index in [1.165, 1.54) is 0 Å². The summed E-state index contributed by atoms with van der Waals surface area (Å²) in [6.45, 7) is 4.30. The molecule has 2 aromatic rings. The van der Waals surface area contributed by atoms with Crippen LogP contribution in [-0.4, -0.2) is 23.7 Å². The van der Waals surface area contributed by atoms with Crippen molar-refractivity contribution in [1.82, 2.24) is 9.97 Å². The predicted molar refractivity (Wildman–Crippen MR) is 67.0 cm³/mol. The normalized spacial score (nSPS) is 10.6. The van der Waals surface area contributed by atoms with Gasteiger partial charge >= 0.3 is 6.01 Å². The summed E-state index contributed by atoms with van der Waals surface area (Å²) in [7, 11) is 1.56. The number of methoxy groups -OCH3 is 1. The van der Waals surface area contributed by atoms with Crippen LogP contribution in [0.1, 0.15) is 12.5 Å². The Morgan fingerprint density at radius 3 is 2.71 bits per heavy atom. The first-order valence-corrected chi connectivity index (χ1v) is 5.68. The zero-order valence-corrected chi connectivity index (χ0v) is 10.7. The SMILES string of the molecule is CCOc1nc(OC)c2ccc(C)c(Cl)c2n1. The highest BCUT2D eigenvalue weighted by atomic mass is 35.5. The first-order valence-electron chi connectivity index (χ1n) is 5.31. The van der Waals surface area contributed by atoms with Crippen LogP contribution >= 0.6 is 11.6 Å². The van der Waals surface area contributed by atoms with Crippen LogP contribution in [-0.2, 0) is 0 Å². The van der Waals surface area contributed by atoms with Crippen LogP contribution < -0.4 is 9.47 Å². The molecular formula is C12H13ClN2O2. The van der Waals surface area contributed by atoms with Crippen LogP contribution in [0.4, 0.5) is 0 Å². The summed E-state index contributed by atoms with van der Waals surface area (Å²) in [5, 5.41) is 1.38. The number of nitrogens with zero attached hydrogens (tertiary/aromatic N) is 2. The lowest BCUT2D eigenvalue weighted by Gasteiger charge is -2.09. The number of hydrogen-bond acceptors (Lipinski definition) is 4. The maximum absolute atomic E-state index is 6.23. The fourth-order valence-corrected chi connectivity index (χ4v) is 1.77. The van der Waals surface area contributed by atoms with Gasteiger partial charge < -0.3 is 9.47 Å². The number of hydrogen-bond donors (Lipinski definition) is 0. The van der Waals surface area contributed by atoms with Gasteiger partial charge in [-0.25, -0.2) is 0 Å². The maximum Gasteiger partial charge on any atom is 0.320 e. The van der Waals surface area contributed by atoms with E-state index >= 15 is 0 Å². The molecule has 2 rings (SSSR count). The van der Waals surface area contributed by atoms with Gasteiger partial charge in [-0.15, -0.1) is 0 Å². The molecule has 0 amide bonds. The van der Waals surface area contributed by atoms with E-state index in [1.54, 1.807) is 7.11 Å². The largest absolute Gasteiger partial charge is 0.480 e. The molecule has 5 heteroatoms. The number of aromatic nitrogens is 2. The Labute approximate surface area is 105 Å². The second kappa shape index (κ2) is 4.75. The summed E-state index contributed by atoms with van der Waals surface area (Å²) in [4.78, 5) is 8.45. The minimum atomic E-state index is 0.282. The predicted octanol–water partition coefficient (Wildman–Crippen LogP) is 3.00. The van der Waals surface area contributed by atoms with Gasteiger partial charge in [0.2, 0.25) is 5.88 Å². The first-order chi connectivity index (χ1) is 8.17. The molecular weight excluding hydrogens is 240 g/mol. The lowest BCUT2D eigenvalue weighted by atomic mass is 10.1. The Bertz CT molecular complexity index is 558. The standard InChI is InChI=1S/C12H13ClN2O2/c1-4-17-12-14-10-8(11(15-12)16-3)6-5-7(2)9(10)13/h5-6H,4H2,1-3H3. The molecule has 0 aliphatic rings. The van der Waals surface area contributed by atoms with Crippen molar-refractivity contribution in [3.05, 3.63) is 22.7 Å². The molecule has 17 heavy (non-hydrogen) atoms. The third-order valence-electron chi connectivity index (χ3n) is 2.41. The van der Waals surface area contributed by atoms with Gasteiger partial charge in [0.1, 0.15) is 5.52 Å². The van der Waals surface area contributed by atoms with Crippen molar-refractivity contribution in [2.24, 2.45) is 0 Å². The Morgan fingerprint density at radius 2 is 2.06 bits per heavy atom. The highest BCUT2D eigenvalue weighted by Crippen LogP contribution is 2.31. The number of aryl methyl sites for hydroxylation is 1. The molecule has 0 spiro atoms. The third-order valence-corrected chi connectivity index (χ3v) is 2.89. The molecule has 4 nitrogen and oxygen atoms in total. The molecule has 0 saturated heterocycles. The minimum absolute atomic E-state index is 0.282. The summed E-state index contributed by atoms with van der Waals surface area (Å²) < 4.78 is 10.5. The molecule has 90 valence electrons. The maximum atomic E-state index is 6.23. The molecule has 0 saturated carbocycles. The van der Waals surface area contributed by atoms with E-state index in [-0.39, 0.29) is 6.01 Å². The Morgan fingerprint density at radius 1 is 1.29 bits per heavy atom. The smallest absolute Gasteiger partial charge is 0.320 e. The van der Waals surface area contributed by atoms with Gasteiger partial charge in [-0.3, -0.25) is 0 Å². The van der Waals surface area contributed by atoms with Crippen molar-refractivity contribution in [3.63, 3.8) is 0 Å². The van der Waals surface area contributed by atoms with Gasteiger partial charge in [0.05, 0.1) is 24.1 Å². The van der Waals surface area contributed by atoms with Gasteiger partial charge in [0.25, 0.3) is 0 Å². The van der Waals surface area contributed by atoms with Crippen LogP contribution in [0.3, 0.4) is 0 Å². The van der Waals surface area contributed by atoms with Crippen LogP contribution in [0.2, 0.25) is 5.02 Å². The molecule has 0 unspecified atom stereocenters. The van der Waals surface area contributed by atoms with E-state index in [0.717, 1.165) is 10.9 Å². The Hall–Kier alpha value is -1.55. The van der Waals surface area contributed by atoms with Crippen molar-refractivity contribution < 1.29 is 9.47 Å². The highest BCUT2D eigenvalue weighted by molar-refractivity contribution is 6.36. The molecule has 0 N–H and O–H groups in total. The average molecular weight is 253 g/mol. The van der Waals surface area contributed by atoms with Crippen molar-refractivity contribution in [1.29, 1.82) is 0 Å². The zero-order chi connectivity index (χ0) is 12.4. The first kappa shape index (κ1) is 11.9. The number of halogens is 1. The van der Waals surface area contributed by atoms with Crippen molar-refractivity contribution in [3.8, 4) is 11.9 Å². The molecule has 1 aromatic carbocycles. The number of benzene rings is 1. The van der Waals surface area contributed by atoms with E-state index in [4.69, 9.17) is 21.1 Å². The average Bonchev–Trinajstić information content (AvgIpc) is 2.34. The van der Waals surface area contributed by atoms with Crippen molar-refractivity contribution >= 4 is 22.5 Å². The van der Waals surface area contributed by atoms with Crippen LogP contribution in [0.5, 0.6) is 11.9 Å². The molecule has 0 aliphatic heterocycles. The van der Waals surface area contributed by atoms with Gasteiger partial charge in [-0.05, 0) is 25.5 Å². The summed E-state index contributed by atoms with van der Waals surface area (Å²) in [6.07, 6.45) is 0. The van der Waals surface area contributed by atoms with Crippen LogP contribution in [0.15, 0.2) is 12.1 Å². The van der Waals surface area contributed by atoms with Gasteiger partial charge in [-0.1, -0.05) is 17.7 Å². The minimum Gasteiger partial charge on any atom is -0.480 e. The fraction of sp³-hybridized carbons (Fsp3) is 0.333. The van der Waals surface area contributed by atoms with Crippen molar-refractivity contribution in [2.75, 3.05) is 13.7 Å². The number of rotatable bonds is 3. The van der Waals surface area contributed by atoms with E-state index in [1.807, 2.05) is 26.0 Å². The summed E-state index contributed by atoms with van der Waals surface area (Å²) in [6, 6.07) is 4.09. The monoisotopic (exact) mass is 252 g/mol. The molecule has 0 aliphatic carbocycles. The molecule has 0 fully saturated rings. The second-order valence-electron chi connectivity index (χ2n) is 3.54. The fourth-order valence-electron chi connectivity index (χ4n) is 1.56. The van der Waals surface area contributed by atoms with Gasteiger partial charge in [0, 0.05) is 0 Å². The van der Waals surface area contributed by atoms with Crippen LogP contribution in [0, 0.1) is 6.92 Å². The zero-order valence-electron chi connectivity index (χ0n) is 9.95. The third kappa shape index (κ3) is 2.13. The summed E-state index contributed by atoms with van der Waals surface area (Å²) in [5.74, 6) is 0.473. The Balaban J connectivity index is 2.73. The van der Waals surface area contributed by atoms with Crippen LogP contribution in [0.25, 0.3) is 10.9 Å². The molecule has 1 heterocycles. The lowest BCUT2D eigenvalue weighted by molar-refractivity contribution is 0.305. The van der Waals surface area contributed by atoms with Gasteiger partial charge in [0.15, 0.2) is 0 Å². The van der Waals surface area contributed by atoms with Gasteiger partial charge in [-0.2, -0.15) is 9.97 Å². The summed E-state index contributed by atoms with van der Waals surface area (Å²) >= 11 is 6.23. The highest BCUT2D eigenvalue weighted by Gasteiger charge is 2.12. The molecule has 1 aromatic heterocycles. The molecule has 0 radical (unpaired) electrons. The summed E-state index contributed by atoms with van der Waals surface area (Å²) in [5.41, 5.74) is 1.62. The topological polar surface area (TPSA) is 44.2 Å².